The maximum absolute atomic E-state index is 10.7. The molecule has 0 bridgehead atoms. The summed E-state index contributed by atoms with van der Waals surface area (Å²) in [5.74, 6) is 0. The molecule has 1 aliphatic heterocycles. The van der Waals surface area contributed by atoms with Crippen LogP contribution in [0, 0.1) is 0 Å². The first-order valence-corrected chi connectivity index (χ1v) is 12.8. The Bertz CT molecular complexity index is 656. The summed E-state index contributed by atoms with van der Waals surface area (Å²) < 4.78 is 86.9. The van der Waals surface area contributed by atoms with E-state index in [1.165, 1.54) is 5.56 Å². The van der Waals surface area contributed by atoms with Gasteiger partial charge < -0.3 is 23.7 Å². The topological polar surface area (TPSA) is 49.4 Å². The quantitative estimate of drug-likeness (QED) is 0.320. The number of hydrogen-bond acceptors (Lipinski definition) is 6. The van der Waals surface area contributed by atoms with Crippen LogP contribution in [0.3, 0.4) is 0 Å². The molecule has 0 atom stereocenters. The van der Waals surface area contributed by atoms with Gasteiger partial charge in [0, 0.05) is 19.6 Å². The van der Waals surface area contributed by atoms with Gasteiger partial charge in [0.2, 0.25) is 0 Å². The molecule has 0 radical (unpaired) electrons. The molecule has 14 heteroatoms. The van der Waals surface area contributed by atoms with E-state index in [1.807, 2.05) is 6.07 Å². The van der Waals surface area contributed by atoms with Gasteiger partial charge in [-0.3, -0.25) is 4.90 Å². The Labute approximate surface area is 244 Å². The Morgan fingerprint density at radius 3 is 1.34 bits per heavy atom. The van der Waals surface area contributed by atoms with Crippen molar-refractivity contribution in [2.45, 2.75) is 0 Å². The summed E-state index contributed by atoms with van der Waals surface area (Å²) in [5.41, 5.74) is 1.21. The maximum atomic E-state index is 9.87. The zero-order valence-electron chi connectivity index (χ0n) is 19.9. The number of ether oxygens (including phenoxy) is 5. The predicted molar refractivity (Wildman–Crippen MR) is 120 cm³/mol. The minimum absolute atomic E-state index is 0. The molecular weight excluding hydrogens is 530 g/mol. The summed E-state index contributed by atoms with van der Waals surface area (Å²) >= 11 is 0. The van der Waals surface area contributed by atoms with Gasteiger partial charge in [-0.1, -0.05) is 42.5 Å². The summed E-state index contributed by atoms with van der Waals surface area (Å²) in [4.78, 5) is 2.33. The van der Waals surface area contributed by atoms with Crippen molar-refractivity contribution >= 4 is 13.9 Å². The van der Waals surface area contributed by atoms with E-state index in [2.05, 4.69) is 41.3 Å². The molecule has 6 nitrogen and oxygen atoms in total. The molecular formula is C21H33F6KNO5P. The molecule has 1 heterocycles. The number of nitrogens with zero attached hydrogens (tertiary/aromatic N) is 1. The third-order valence-electron chi connectivity index (χ3n) is 4.07. The molecule has 35 heavy (non-hydrogen) atoms. The van der Waals surface area contributed by atoms with Crippen LogP contribution in [0.25, 0.3) is 6.08 Å². The standard InChI is InChI=1S/C21H33NO5.F6P.K/c1-2-5-21(6-3-1)7-4-8-22-9-11-23-13-15-25-17-19-27-20-18-26-16-14-24-12-10-22;1-7(2,3,4,5)6;/h1-7H,8-20H2;;/q;-1;+1/b7-4+;;. The molecule has 1 aromatic carbocycles. The molecule has 0 saturated carbocycles. The Morgan fingerprint density at radius 2 is 0.971 bits per heavy atom. The number of hydrogen-bond donors (Lipinski definition) is 0. The Kier molecular flexibility index (Phi) is 18.0. The van der Waals surface area contributed by atoms with Gasteiger partial charge in [-0.25, -0.2) is 0 Å². The first-order chi connectivity index (χ1) is 15.9. The van der Waals surface area contributed by atoms with Crippen LogP contribution < -0.4 is 51.4 Å². The van der Waals surface area contributed by atoms with Crippen LogP contribution in [-0.4, -0.2) is 90.6 Å². The van der Waals surface area contributed by atoms with E-state index in [1.54, 1.807) is 0 Å². The van der Waals surface area contributed by atoms with Crippen LogP contribution >= 0.6 is 7.81 Å². The summed E-state index contributed by atoms with van der Waals surface area (Å²) in [6.07, 6.45) is 4.34. The van der Waals surface area contributed by atoms with Crippen molar-refractivity contribution in [1.29, 1.82) is 0 Å². The fourth-order valence-electron chi connectivity index (χ4n) is 2.57. The summed E-state index contributed by atoms with van der Waals surface area (Å²) in [5, 5.41) is 0. The zero-order valence-corrected chi connectivity index (χ0v) is 24.0. The van der Waals surface area contributed by atoms with Crippen molar-refractivity contribution in [3.63, 3.8) is 0 Å². The molecule has 1 saturated heterocycles. The largest absolute Gasteiger partial charge is 1.00 e. The summed E-state index contributed by atoms with van der Waals surface area (Å²) in [7, 11) is -10.7. The number of benzene rings is 1. The Hall–Kier alpha value is 0.366. The molecule has 1 aliphatic rings. The Morgan fingerprint density at radius 1 is 0.629 bits per heavy atom. The smallest absolute Gasteiger partial charge is 1.00 e. The average molecular weight is 564 g/mol. The summed E-state index contributed by atoms with van der Waals surface area (Å²) in [6, 6.07) is 10.3. The van der Waals surface area contributed by atoms with Crippen molar-refractivity contribution in [2.24, 2.45) is 0 Å². The molecule has 0 unspecified atom stereocenters. The molecule has 200 valence electrons. The van der Waals surface area contributed by atoms with Crippen molar-refractivity contribution in [3.8, 4) is 0 Å². The number of rotatable bonds is 3. The monoisotopic (exact) mass is 563 g/mol. The van der Waals surface area contributed by atoms with Crippen LogP contribution in [0.1, 0.15) is 5.56 Å². The SMILES string of the molecule is C(=C\c1ccccc1)/CN1CCOCCOCCOCCOCCOCC1.F[P-](F)(F)(F)(F)F.[K+]. The van der Waals surface area contributed by atoms with Gasteiger partial charge in [-0.15, -0.1) is 0 Å². The third-order valence-corrected chi connectivity index (χ3v) is 4.07. The maximum Gasteiger partial charge on any atom is 1.00 e. The second-order valence-corrected chi connectivity index (χ2v) is 9.05. The predicted octanol–water partition coefficient (Wildman–Crippen LogP) is 2.48. The first-order valence-electron chi connectivity index (χ1n) is 10.8. The van der Waals surface area contributed by atoms with Crippen LogP contribution in [0.2, 0.25) is 0 Å². The van der Waals surface area contributed by atoms with Crippen molar-refractivity contribution in [1.82, 2.24) is 4.90 Å². The average Bonchev–Trinajstić information content (AvgIpc) is 2.73. The molecule has 2 rings (SSSR count). The molecule has 0 N–H and O–H groups in total. The molecule has 0 aromatic heterocycles. The first kappa shape index (κ1) is 35.4. The van der Waals surface area contributed by atoms with E-state index in [0.717, 1.165) is 19.6 Å². The normalized spacial score (nSPS) is 20.7. The van der Waals surface area contributed by atoms with Gasteiger partial charge in [0.05, 0.1) is 66.1 Å². The Balaban J connectivity index is 0.00000126. The van der Waals surface area contributed by atoms with Crippen molar-refractivity contribution in [2.75, 3.05) is 85.7 Å². The van der Waals surface area contributed by atoms with Gasteiger partial charge >= 0.3 is 84.4 Å². The van der Waals surface area contributed by atoms with Crippen LogP contribution in [-0.2, 0) is 23.7 Å². The number of halogens is 6. The van der Waals surface area contributed by atoms with E-state index in [9.17, 15) is 25.2 Å². The molecule has 1 fully saturated rings. The minimum atomic E-state index is -10.7. The van der Waals surface area contributed by atoms with E-state index < -0.39 is 7.81 Å². The van der Waals surface area contributed by atoms with E-state index in [4.69, 9.17) is 23.7 Å². The van der Waals surface area contributed by atoms with Crippen LogP contribution in [0.5, 0.6) is 0 Å². The van der Waals surface area contributed by atoms with Gasteiger partial charge in [-0.05, 0) is 5.56 Å². The zero-order chi connectivity index (χ0) is 25.2. The van der Waals surface area contributed by atoms with Gasteiger partial charge in [-0.2, -0.15) is 0 Å². The van der Waals surface area contributed by atoms with Crippen LogP contribution in [0.15, 0.2) is 36.4 Å². The van der Waals surface area contributed by atoms with Gasteiger partial charge in [0.25, 0.3) is 0 Å². The van der Waals surface area contributed by atoms with E-state index in [-0.39, 0.29) is 51.4 Å². The molecule has 0 spiro atoms. The fourth-order valence-corrected chi connectivity index (χ4v) is 2.57. The summed E-state index contributed by atoms with van der Waals surface area (Å²) in [6.45, 7) is 8.70. The van der Waals surface area contributed by atoms with Crippen molar-refractivity contribution < 1.29 is 100 Å². The van der Waals surface area contributed by atoms with Gasteiger partial charge in [0.15, 0.2) is 0 Å². The third kappa shape index (κ3) is 30.5. The fraction of sp³-hybridized carbons (Fsp3) is 0.619. The second-order valence-electron chi connectivity index (χ2n) is 7.13. The second kappa shape index (κ2) is 17.8. The molecule has 1 aromatic rings. The van der Waals surface area contributed by atoms with Crippen LogP contribution in [0.4, 0.5) is 25.2 Å². The van der Waals surface area contributed by atoms with Crippen molar-refractivity contribution in [3.05, 3.63) is 42.0 Å². The minimum Gasteiger partial charge on any atom is 1.00 e. The molecule has 0 aliphatic carbocycles. The molecule has 0 amide bonds. The van der Waals surface area contributed by atoms with Gasteiger partial charge in [0.1, 0.15) is 0 Å². The van der Waals surface area contributed by atoms with E-state index in [0.29, 0.717) is 66.1 Å². The van der Waals surface area contributed by atoms with E-state index >= 15 is 0 Å².